The van der Waals surface area contributed by atoms with Crippen LogP contribution in [0.15, 0.2) is 47.4 Å². The van der Waals surface area contributed by atoms with Crippen LogP contribution in [0.4, 0.5) is 5.13 Å². The maximum atomic E-state index is 12.7. The summed E-state index contributed by atoms with van der Waals surface area (Å²) in [6, 6.07) is 13.0. The summed E-state index contributed by atoms with van der Waals surface area (Å²) in [5.41, 5.74) is 3.23. The van der Waals surface area contributed by atoms with Crippen molar-refractivity contribution in [3.8, 4) is 0 Å². The summed E-state index contributed by atoms with van der Waals surface area (Å²) in [4.78, 5) is 20.0. The van der Waals surface area contributed by atoms with Gasteiger partial charge in [-0.2, -0.15) is 0 Å². The maximum absolute atomic E-state index is 12.7. The molecular weight excluding hydrogens is 418 g/mol. The number of nitrogens with one attached hydrogen (secondary N) is 1. The summed E-state index contributed by atoms with van der Waals surface area (Å²) in [5, 5.41) is 4.03. The highest BCUT2D eigenvalue weighted by molar-refractivity contribution is 7.79. The number of carbonyl (C=O) groups excluding carboxylic acids is 1. The van der Waals surface area contributed by atoms with Crippen molar-refractivity contribution in [2.75, 3.05) is 24.5 Å². The number of hydrogen-bond acceptors (Lipinski definition) is 6. The molecule has 3 aromatic rings. The summed E-state index contributed by atoms with van der Waals surface area (Å²) >= 11 is -0.519. The fourth-order valence-corrected chi connectivity index (χ4v) is 5.25. The van der Waals surface area contributed by atoms with Crippen molar-refractivity contribution in [2.24, 2.45) is 5.92 Å². The molecule has 158 valence electrons. The highest BCUT2D eigenvalue weighted by Gasteiger charge is 2.27. The molecule has 2 heterocycles. The molecule has 6 nitrogen and oxygen atoms in total. The molecule has 1 fully saturated rings. The Morgan fingerprint density at radius 2 is 2.10 bits per heavy atom. The quantitative estimate of drug-likeness (QED) is 0.591. The number of aromatic nitrogens is 1. The normalized spacial score (nSPS) is 17.8. The largest absolute Gasteiger partial charge is 0.768 e. The molecule has 2 atom stereocenters. The standard InChI is InChI=1S/C22H25N3O3S2/c1-15-4-2-6-19-20(15)24-22(29-19)25-13-3-5-17(14-25)21(26)23-12-11-16-7-9-18(10-8-16)30(27)28/h2,4,6-10,17H,3,5,11-14H2,1H3,(H,23,26)(H,27,28)/p-1. The Balaban J connectivity index is 1.32. The Kier molecular flexibility index (Phi) is 6.46. The number of thiazole rings is 1. The van der Waals surface area contributed by atoms with Crippen molar-refractivity contribution in [3.05, 3.63) is 53.6 Å². The van der Waals surface area contributed by atoms with E-state index in [0.29, 0.717) is 19.5 Å². The SMILES string of the molecule is Cc1cccc2sc(N3CCCC(C(=O)NCCc4ccc(S(=O)[O-])cc4)C3)nc12. The molecule has 0 aliphatic carbocycles. The first-order valence-electron chi connectivity index (χ1n) is 10.1. The van der Waals surface area contributed by atoms with Crippen LogP contribution in [0, 0.1) is 12.8 Å². The minimum atomic E-state index is -2.21. The van der Waals surface area contributed by atoms with Crippen LogP contribution in [0.25, 0.3) is 10.2 Å². The molecule has 1 N–H and O–H groups in total. The Hall–Kier alpha value is -2.29. The topological polar surface area (TPSA) is 85.4 Å². The van der Waals surface area contributed by atoms with Gasteiger partial charge in [0.05, 0.1) is 16.1 Å². The first-order valence-corrected chi connectivity index (χ1v) is 12.0. The highest BCUT2D eigenvalue weighted by Crippen LogP contribution is 2.32. The third-order valence-corrected chi connectivity index (χ3v) is 7.24. The second-order valence-corrected chi connectivity index (χ2v) is 9.57. The van der Waals surface area contributed by atoms with E-state index in [-0.39, 0.29) is 16.7 Å². The Bertz CT molecular complexity index is 1070. The summed E-state index contributed by atoms with van der Waals surface area (Å²) in [7, 11) is 0. The van der Waals surface area contributed by atoms with E-state index in [0.717, 1.165) is 35.6 Å². The molecule has 30 heavy (non-hydrogen) atoms. The van der Waals surface area contributed by atoms with Crippen molar-refractivity contribution in [2.45, 2.75) is 31.1 Å². The van der Waals surface area contributed by atoms with Crippen molar-refractivity contribution in [3.63, 3.8) is 0 Å². The van der Waals surface area contributed by atoms with Gasteiger partial charge in [0.25, 0.3) is 0 Å². The third kappa shape index (κ3) is 4.71. The van der Waals surface area contributed by atoms with Crippen LogP contribution in [0.1, 0.15) is 24.0 Å². The van der Waals surface area contributed by atoms with Crippen molar-refractivity contribution in [1.29, 1.82) is 0 Å². The van der Waals surface area contributed by atoms with Crippen LogP contribution in [0.2, 0.25) is 0 Å². The van der Waals surface area contributed by atoms with E-state index in [1.807, 2.05) is 0 Å². The van der Waals surface area contributed by atoms with Crippen LogP contribution < -0.4 is 10.2 Å². The highest BCUT2D eigenvalue weighted by atomic mass is 32.2. The van der Waals surface area contributed by atoms with Crippen LogP contribution in [-0.2, 0) is 22.3 Å². The second kappa shape index (κ2) is 9.24. The Labute approximate surface area is 182 Å². The van der Waals surface area contributed by atoms with Gasteiger partial charge in [-0.15, -0.1) is 0 Å². The van der Waals surface area contributed by atoms with E-state index in [1.54, 1.807) is 35.6 Å². The summed E-state index contributed by atoms with van der Waals surface area (Å²) < 4.78 is 23.0. The average molecular weight is 443 g/mol. The lowest BCUT2D eigenvalue weighted by Gasteiger charge is -2.31. The molecule has 0 saturated carbocycles. The van der Waals surface area contributed by atoms with Crippen LogP contribution in [-0.4, -0.2) is 39.3 Å². The van der Waals surface area contributed by atoms with Crippen LogP contribution >= 0.6 is 11.3 Å². The van der Waals surface area contributed by atoms with Crippen LogP contribution in [0.5, 0.6) is 0 Å². The zero-order valence-electron chi connectivity index (χ0n) is 16.8. The molecule has 0 bridgehead atoms. The fourth-order valence-electron chi connectivity index (χ4n) is 3.82. The first-order chi connectivity index (χ1) is 14.5. The smallest absolute Gasteiger partial charge is 0.224 e. The van der Waals surface area contributed by atoms with Gasteiger partial charge in [0.2, 0.25) is 5.91 Å². The van der Waals surface area contributed by atoms with Crippen molar-refractivity contribution >= 4 is 43.7 Å². The third-order valence-electron chi connectivity index (χ3n) is 5.50. The van der Waals surface area contributed by atoms with Gasteiger partial charge in [0, 0.05) is 24.5 Å². The molecule has 0 radical (unpaired) electrons. The predicted molar refractivity (Wildman–Crippen MR) is 120 cm³/mol. The number of hydrogen-bond donors (Lipinski definition) is 1. The van der Waals surface area contributed by atoms with Crippen molar-refractivity contribution < 1.29 is 13.6 Å². The molecule has 1 aliphatic rings. The molecule has 2 aromatic carbocycles. The number of nitrogens with zero attached hydrogens (tertiary/aromatic N) is 2. The predicted octanol–water partition coefficient (Wildman–Crippen LogP) is 3.42. The molecule has 2 unspecified atom stereocenters. The van der Waals surface area contributed by atoms with E-state index in [2.05, 4.69) is 35.3 Å². The van der Waals surface area contributed by atoms with Gasteiger partial charge in [-0.1, -0.05) is 35.6 Å². The summed E-state index contributed by atoms with van der Waals surface area (Å²) in [5.74, 6) is 0.0337. The Morgan fingerprint density at radius 3 is 2.83 bits per heavy atom. The number of carbonyl (C=O) groups is 1. The van der Waals surface area contributed by atoms with Gasteiger partial charge in [0.1, 0.15) is 0 Å². The number of rotatable bonds is 6. The van der Waals surface area contributed by atoms with Crippen LogP contribution in [0.3, 0.4) is 0 Å². The number of benzene rings is 2. The number of para-hydroxylation sites is 1. The molecule has 8 heteroatoms. The summed E-state index contributed by atoms with van der Waals surface area (Å²) in [6.45, 7) is 4.23. The fraction of sp³-hybridized carbons (Fsp3) is 0.364. The van der Waals surface area contributed by atoms with E-state index in [9.17, 15) is 13.6 Å². The molecule has 1 amide bonds. The number of amides is 1. The second-order valence-electron chi connectivity index (χ2n) is 7.62. The zero-order valence-corrected chi connectivity index (χ0v) is 18.4. The van der Waals surface area contributed by atoms with Gasteiger partial charge in [-0.3, -0.25) is 9.00 Å². The lowest BCUT2D eigenvalue weighted by Crippen LogP contribution is -2.43. The maximum Gasteiger partial charge on any atom is 0.224 e. The van der Waals surface area contributed by atoms with Gasteiger partial charge in [0.15, 0.2) is 5.13 Å². The van der Waals surface area contributed by atoms with Gasteiger partial charge in [-0.05, 0) is 66.6 Å². The van der Waals surface area contributed by atoms with E-state index in [4.69, 9.17) is 4.98 Å². The number of anilines is 1. The van der Waals surface area contributed by atoms with Gasteiger partial charge >= 0.3 is 0 Å². The molecule has 0 spiro atoms. The molecule has 4 rings (SSSR count). The minimum absolute atomic E-state index is 0.0443. The molecule has 1 aliphatic heterocycles. The minimum Gasteiger partial charge on any atom is -0.768 e. The lowest BCUT2D eigenvalue weighted by atomic mass is 9.97. The van der Waals surface area contributed by atoms with E-state index >= 15 is 0 Å². The zero-order chi connectivity index (χ0) is 21.1. The number of aryl methyl sites for hydroxylation is 1. The van der Waals surface area contributed by atoms with Crippen molar-refractivity contribution in [1.82, 2.24) is 10.3 Å². The number of piperidine rings is 1. The molecule has 1 aromatic heterocycles. The number of fused-ring (bicyclic) bond motifs is 1. The lowest BCUT2D eigenvalue weighted by molar-refractivity contribution is -0.125. The molecule has 1 saturated heterocycles. The van der Waals surface area contributed by atoms with E-state index in [1.165, 1.54) is 10.3 Å². The Morgan fingerprint density at radius 1 is 1.30 bits per heavy atom. The summed E-state index contributed by atoms with van der Waals surface area (Å²) in [6.07, 6.45) is 2.53. The molecular formula is C22H24N3O3S2-. The van der Waals surface area contributed by atoms with Gasteiger partial charge in [-0.25, -0.2) is 4.98 Å². The first kappa shape index (κ1) is 21.0. The van der Waals surface area contributed by atoms with Gasteiger partial charge < -0.3 is 14.8 Å². The van der Waals surface area contributed by atoms with E-state index < -0.39 is 11.1 Å². The average Bonchev–Trinajstić information content (AvgIpc) is 3.20. The monoisotopic (exact) mass is 442 g/mol.